The van der Waals surface area contributed by atoms with Crippen molar-refractivity contribution in [3.63, 3.8) is 0 Å². The van der Waals surface area contributed by atoms with E-state index in [4.69, 9.17) is 0 Å². The second-order valence-corrected chi connectivity index (χ2v) is 4.35. The smallest absolute Gasteiger partial charge is 0.0568 e. The third-order valence-electron chi connectivity index (χ3n) is 3.11. The van der Waals surface area contributed by atoms with Crippen molar-refractivity contribution in [2.75, 3.05) is 20.1 Å². The maximum Gasteiger partial charge on any atom is 0.0568 e. The molecule has 0 aliphatic heterocycles. The van der Waals surface area contributed by atoms with Crippen molar-refractivity contribution in [3.8, 4) is 0 Å². The molecular weight excluding hydrogens is 162 g/mol. The summed E-state index contributed by atoms with van der Waals surface area (Å²) in [4.78, 5) is 2.37. The average molecular weight is 185 g/mol. The molecule has 2 atom stereocenters. The van der Waals surface area contributed by atoms with E-state index < -0.39 is 0 Å². The zero-order valence-corrected chi connectivity index (χ0v) is 9.00. The molecule has 0 radical (unpaired) electrons. The van der Waals surface area contributed by atoms with E-state index >= 15 is 0 Å². The van der Waals surface area contributed by atoms with Crippen LogP contribution in [-0.2, 0) is 0 Å². The minimum Gasteiger partial charge on any atom is -0.393 e. The summed E-state index contributed by atoms with van der Waals surface area (Å²) in [5.41, 5.74) is 0. The van der Waals surface area contributed by atoms with Crippen LogP contribution < -0.4 is 0 Å². The predicted octanol–water partition coefficient (Wildman–Crippen LogP) is 1.88. The van der Waals surface area contributed by atoms with Crippen molar-refractivity contribution in [2.24, 2.45) is 5.92 Å². The highest BCUT2D eigenvalue weighted by Crippen LogP contribution is 2.28. The number of nitrogens with zero attached hydrogens (tertiary/aromatic N) is 1. The van der Waals surface area contributed by atoms with Crippen molar-refractivity contribution in [2.45, 2.75) is 45.1 Å². The summed E-state index contributed by atoms with van der Waals surface area (Å²) in [7, 11) is 2.17. The summed E-state index contributed by atoms with van der Waals surface area (Å²) >= 11 is 0. The molecule has 0 aromatic heterocycles. The molecule has 0 heterocycles. The Kier molecular flexibility index (Phi) is 4.74. The molecule has 1 N–H and O–H groups in total. The number of aliphatic hydroxyl groups excluding tert-OH is 1. The van der Waals surface area contributed by atoms with Crippen molar-refractivity contribution in [1.29, 1.82) is 0 Å². The van der Waals surface area contributed by atoms with Gasteiger partial charge in [0.2, 0.25) is 0 Å². The van der Waals surface area contributed by atoms with Gasteiger partial charge in [-0.25, -0.2) is 0 Å². The molecule has 78 valence electrons. The number of hydrogen-bond donors (Lipinski definition) is 1. The zero-order chi connectivity index (χ0) is 9.68. The van der Waals surface area contributed by atoms with Crippen LogP contribution in [0.5, 0.6) is 0 Å². The van der Waals surface area contributed by atoms with E-state index in [9.17, 15) is 5.11 Å². The summed E-state index contributed by atoms with van der Waals surface area (Å²) in [6, 6.07) is 0. The molecule has 1 rings (SSSR count). The SMILES string of the molecule is CCCN(C)CCC1CCCC1O. The lowest BCUT2D eigenvalue weighted by molar-refractivity contribution is 0.121. The molecule has 1 fully saturated rings. The Morgan fingerprint density at radius 3 is 2.62 bits per heavy atom. The largest absolute Gasteiger partial charge is 0.393 e. The van der Waals surface area contributed by atoms with E-state index in [-0.39, 0.29) is 6.10 Å². The van der Waals surface area contributed by atoms with Crippen LogP contribution in [0.2, 0.25) is 0 Å². The van der Waals surface area contributed by atoms with Crippen LogP contribution in [0.1, 0.15) is 39.0 Å². The van der Waals surface area contributed by atoms with E-state index in [2.05, 4.69) is 18.9 Å². The standard InChI is InChI=1S/C11H23NO/c1-3-8-12(2)9-7-10-5-4-6-11(10)13/h10-11,13H,3-9H2,1-2H3. The number of aliphatic hydroxyl groups is 1. The van der Waals surface area contributed by atoms with Gasteiger partial charge in [0.25, 0.3) is 0 Å². The van der Waals surface area contributed by atoms with Gasteiger partial charge in [-0.05, 0) is 51.7 Å². The van der Waals surface area contributed by atoms with E-state index in [0.717, 1.165) is 13.0 Å². The van der Waals surface area contributed by atoms with Crippen LogP contribution in [0.25, 0.3) is 0 Å². The first-order chi connectivity index (χ1) is 6.24. The normalized spacial score (nSPS) is 28.6. The Morgan fingerprint density at radius 2 is 2.08 bits per heavy atom. The molecule has 0 aromatic carbocycles. The molecular formula is C11H23NO. The van der Waals surface area contributed by atoms with Gasteiger partial charge in [0, 0.05) is 0 Å². The Balaban J connectivity index is 2.10. The third kappa shape index (κ3) is 3.65. The topological polar surface area (TPSA) is 23.5 Å². The van der Waals surface area contributed by atoms with Crippen LogP contribution in [0.4, 0.5) is 0 Å². The summed E-state index contributed by atoms with van der Waals surface area (Å²) in [6.45, 7) is 4.54. The maximum atomic E-state index is 9.61. The molecule has 2 nitrogen and oxygen atoms in total. The van der Waals surface area contributed by atoms with Crippen LogP contribution in [0.15, 0.2) is 0 Å². The molecule has 2 unspecified atom stereocenters. The fourth-order valence-corrected chi connectivity index (χ4v) is 2.23. The Hall–Kier alpha value is -0.0800. The molecule has 0 amide bonds. The highest BCUT2D eigenvalue weighted by molar-refractivity contribution is 4.77. The fourth-order valence-electron chi connectivity index (χ4n) is 2.23. The molecule has 0 saturated heterocycles. The lowest BCUT2D eigenvalue weighted by atomic mass is 10.0. The molecule has 1 saturated carbocycles. The van der Waals surface area contributed by atoms with E-state index in [1.807, 2.05) is 0 Å². The van der Waals surface area contributed by atoms with Gasteiger partial charge >= 0.3 is 0 Å². The van der Waals surface area contributed by atoms with Gasteiger partial charge in [-0.2, -0.15) is 0 Å². The molecule has 0 bridgehead atoms. The monoisotopic (exact) mass is 185 g/mol. The van der Waals surface area contributed by atoms with Gasteiger partial charge < -0.3 is 10.0 Å². The Bertz CT molecular complexity index is 138. The fraction of sp³-hybridized carbons (Fsp3) is 1.00. The van der Waals surface area contributed by atoms with Crippen molar-refractivity contribution < 1.29 is 5.11 Å². The van der Waals surface area contributed by atoms with Crippen molar-refractivity contribution in [3.05, 3.63) is 0 Å². The molecule has 2 heteroatoms. The van der Waals surface area contributed by atoms with E-state index in [1.165, 1.54) is 32.2 Å². The quantitative estimate of drug-likeness (QED) is 0.707. The van der Waals surface area contributed by atoms with Crippen LogP contribution in [0.3, 0.4) is 0 Å². The predicted molar refractivity (Wildman–Crippen MR) is 55.8 cm³/mol. The Morgan fingerprint density at radius 1 is 1.31 bits per heavy atom. The Labute approximate surface area is 81.9 Å². The lowest BCUT2D eigenvalue weighted by Crippen LogP contribution is -2.24. The zero-order valence-electron chi connectivity index (χ0n) is 9.00. The van der Waals surface area contributed by atoms with Gasteiger partial charge in [0.1, 0.15) is 0 Å². The minimum atomic E-state index is -0.00461. The van der Waals surface area contributed by atoms with Gasteiger partial charge in [0.15, 0.2) is 0 Å². The number of rotatable bonds is 5. The van der Waals surface area contributed by atoms with Crippen molar-refractivity contribution in [1.82, 2.24) is 4.90 Å². The third-order valence-corrected chi connectivity index (χ3v) is 3.11. The summed E-state index contributed by atoms with van der Waals surface area (Å²) in [6.07, 6.45) is 5.89. The van der Waals surface area contributed by atoms with Crippen LogP contribution in [0, 0.1) is 5.92 Å². The van der Waals surface area contributed by atoms with Gasteiger partial charge in [-0.1, -0.05) is 13.3 Å². The molecule has 1 aliphatic carbocycles. The second kappa shape index (κ2) is 5.61. The van der Waals surface area contributed by atoms with Crippen molar-refractivity contribution >= 4 is 0 Å². The van der Waals surface area contributed by atoms with Crippen LogP contribution >= 0.6 is 0 Å². The van der Waals surface area contributed by atoms with E-state index in [0.29, 0.717) is 5.92 Å². The molecule has 1 aliphatic rings. The number of hydrogen-bond acceptors (Lipinski definition) is 2. The first kappa shape index (κ1) is 11.0. The minimum absolute atomic E-state index is 0.00461. The van der Waals surface area contributed by atoms with E-state index in [1.54, 1.807) is 0 Å². The maximum absolute atomic E-state index is 9.61. The summed E-state index contributed by atoms with van der Waals surface area (Å²) in [5.74, 6) is 0.583. The van der Waals surface area contributed by atoms with Gasteiger partial charge in [-0.3, -0.25) is 0 Å². The van der Waals surface area contributed by atoms with Gasteiger partial charge in [0.05, 0.1) is 6.10 Å². The first-order valence-electron chi connectivity index (χ1n) is 5.60. The molecule has 13 heavy (non-hydrogen) atoms. The second-order valence-electron chi connectivity index (χ2n) is 4.35. The molecule has 0 aromatic rings. The highest BCUT2D eigenvalue weighted by atomic mass is 16.3. The average Bonchev–Trinajstić information content (AvgIpc) is 2.48. The molecule has 0 spiro atoms. The highest BCUT2D eigenvalue weighted by Gasteiger charge is 2.24. The van der Waals surface area contributed by atoms with Gasteiger partial charge in [-0.15, -0.1) is 0 Å². The summed E-state index contributed by atoms with van der Waals surface area (Å²) < 4.78 is 0. The lowest BCUT2D eigenvalue weighted by Gasteiger charge is -2.19. The summed E-state index contributed by atoms with van der Waals surface area (Å²) in [5, 5.41) is 9.61. The van der Waals surface area contributed by atoms with Crippen LogP contribution in [-0.4, -0.2) is 36.2 Å². The first-order valence-corrected chi connectivity index (χ1v) is 5.60.